The molecular formula is C26H29BrN6O7. The van der Waals surface area contributed by atoms with Crippen molar-refractivity contribution in [3.8, 4) is 11.8 Å². The second-order valence-electron chi connectivity index (χ2n) is 11.0. The van der Waals surface area contributed by atoms with E-state index >= 15 is 0 Å². The number of carbonyl (C=O) groups is 3. The largest absolute Gasteiger partial charge is 0.463 e. The van der Waals surface area contributed by atoms with Crippen molar-refractivity contribution >= 4 is 51.1 Å². The fourth-order valence-corrected chi connectivity index (χ4v) is 4.18. The maximum atomic E-state index is 13.6. The number of amides is 2. The quantitative estimate of drug-likeness (QED) is 0.370. The molecule has 14 heteroatoms. The molecule has 0 spiro atoms. The molecule has 3 aromatic heterocycles. The second-order valence-corrected chi connectivity index (χ2v) is 11.7. The van der Waals surface area contributed by atoms with Gasteiger partial charge in [-0.3, -0.25) is 9.36 Å². The molecule has 0 radical (unpaired) electrons. The predicted molar refractivity (Wildman–Crippen MR) is 148 cm³/mol. The SMILES string of the molecule is Cc1cc2c(C#N)c(N(C(=O)OC(C)(C)C)C(=O)OC(C)(C)C)n(-c3c(C)nn(C(=O)O)c(=O)c3C)c2nc1Br. The summed E-state index contributed by atoms with van der Waals surface area (Å²) in [7, 11) is 0. The molecule has 0 bridgehead atoms. The van der Waals surface area contributed by atoms with Gasteiger partial charge in [-0.05, 0) is 89.9 Å². The first-order chi connectivity index (χ1) is 18.3. The topological polar surface area (TPSA) is 170 Å². The van der Waals surface area contributed by atoms with E-state index in [1.54, 1.807) is 54.5 Å². The van der Waals surface area contributed by atoms with Crippen molar-refractivity contribution in [2.24, 2.45) is 0 Å². The Morgan fingerprint density at radius 3 is 2.02 bits per heavy atom. The number of ether oxygens (including phenoxy) is 2. The standard InChI is InChI=1S/C26H29BrN6O7/c1-12-10-15-16(11-28)20(32(23(37)39-25(4,5)6)24(38)40-26(7,8)9)31(19(15)29-18(12)27)17-13(2)21(34)33(22(35)36)30-14(17)3/h10H,1-9H3,(H,35,36). The van der Waals surface area contributed by atoms with Gasteiger partial charge >= 0.3 is 18.3 Å². The van der Waals surface area contributed by atoms with Crippen molar-refractivity contribution in [3.05, 3.63) is 43.4 Å². The molecule has 0 saturated carbocycles. The average molecular weight is 617 g/mol. The molecule has 0 unspecified atom stereocenters. The van der Waals surface area contributed by atoms with Crippen LogP contribution < -0.4 is 10.5 Å². The number of nitriles is 1. The number of hydrogen-bond donors (Lipinski definition) is 1. The van der Waals surface area contributed by atoms with Crippen LogP contribution in [0.3, 0.4) is 0 Å². The van der Waals surface area contributed by atoms with Crippen LogP contribution in [0, 0.1) is 32.1 Å². The minimum absolute atomic E-state index is 0.0179. The van der Waals surface area contributed by atoms with Crippen LogP contribution in [-0.4, -0.2) is 53.9 Å². The number of nitrogens with zero attached hydrogens (tertiary/aromatic N) is 6. The Morgan fingerprint density at radius 2 is 1.57 bits per heavy atom. The number of pyridine rings is 1. The minimum atomic E-state index is -1.60. The van der Waals surface area contributed by atoms with Crippen LogP contribution in [0.25, 0.3) is 16.7 Å². The zero-order valence-corrected chi connectivity index (χ0v) is 25.1. The molecule has 2 amide bonds. The average Bonchev–Trinajstić information content (AvgIpc) is 3.06. The molecule has 0 aromatic carbocycles. The van der Waals surface area contributed by atoms with Gasteiger partial charge in [0.2, 0.25) is 0 Å². The molecule has 13 nitrogen and oxygen atoms in total. The number of rotatable bonds is 2. The Bertz CT molecular complexity index is 1640. The first-order valence-corrected chi connectivity index (χ1v) is 12.8. The summed E-state index contributed by atoms with van der Waals surface area (Å²) in [4.78, 5) is 57.0. The summed E-state index contributed by atoms with van der Waals surface area (Å²) in [6, 6.07) is 3.67. The number of imide groups is 1. The molecule has 40 heavy (non-hydrogen) atoms. The number of hydrogen-bond acceptors (Lipinski definition) is 9. The molecule has 0 saturated heterocycles. The van der Waals surface area contributed by atoms with Gasteiger partial charge in [0, 0.05) is 10.9 Å². The maximum absolute atomic E-state index is 13.6. The number of aryl methyl sites for hydroxylation is 2. The molecular weight excluding hydrogens is 588 g/mol. The minimum Gasteiger partial charge on any atom is -0.463 e. The molecule has 0 atom stereocenters. The summed E-state index contributed by atoms with van der Waals surface area (Å²) in [5.74, 6) is -0.313. The van der Waals surface area contributed by atoms with E-state index in [1.165, 1.54) is 18.4 Å². The summed E-state index contributed by atoms with van der Waals surface area (Å²) in [6.07, 6.45) is -3.90. The van der Waals surface area contributed by atoms with Crippen LogP contribution in [0.5, 0.6) is 0 Å². The van der Waals surface area contributed by atoms with Crippen LogP contribution in [0.2, 0.25) is 0 Å². The van der Waals surface area contributed by atoms with Crippen molar-refractivity contribution in [2.75, 3.05) is 4.90 Å². The highest BCUT2D eigenvalue weighted by atomic mass is 79.9. The molecule has 212 valence electrons. The van der Waals surface area contributed by atoms with E-state index in [-0.39, 0.29) is 44.0 Å². The third kappa shape index (κ3) is 5.69. The lowest BCUT2D eigenvalue weighted by Crippen LogP contribution is -2.45. The molecule has 3 heterocycles. The number of carboxylic acid groups (broad SMARTS) is 1. The Balaban J connectivity index is 2.61. The van der Waals surface area contributed by atoms with Gasteiger partial charge in [0.25, 0.3) is 5.56 Å². The van der Waals surface area contributed by atoms with Gasteiger partial charge in [-0.15, -0.1) is 4.68 Å². The van der Waals surface area contributed by atoms with Crippen molar-refractivity contribution in [3.63, 3.8) is 0 Å². The van der Waals surface area contributed by atoms with Crippen molar-refractivity contribution in [2.45, 2.75) is 73.5 Å². The normalized spacial score (nSPS) is 11.7. The van der Waals surface area contributed by atoms with E-state index in [9.17, 15) is 29.5 Å². The fourth-order valence-electron chi connectivity index (χ4n) is 3.90. The van der Waals surface area contributed by atoms with E-state index in [0.717, 1.165) is 0 Å². The summed E-state index contributed by atoms with van der Waals surface area (Å²) >= 11 is 3.37. The van der Waals surface area contributed by atoms with Gasteiger partial charge in [-0.25, -0.2) is 19.4 Å². The smallest absolute Gasteiger partial charge is 0.435 e. The van der Waals surface area contributed by atoms with Gasteiger partial charge in [0.15, 0.2) is 5.82 Å². The van der Waals surface area contributed by atoms with Gasteiger partial charge in [-0.1, -0.05) is 0 Å². The zero-order chi connectivity index (χ0) is 30.5. The highest BCUT2D eigenvalue weighted by Crippen LogP contribution is 2.38. The van der Waals surface area contributed by atoms with Crippen molar-refractivity contribution in [1.82, 2.24) is 19.3 Å². The number of aromatic nitrogens is 4. The lowest BCUT2D eigenvalue weighted by atomic mass is 10.2. The van der Waals surface area contributed by atoms with Crippen LogP contribution in [0.1, 0.15) is 63.9 Å². The van der Waals surface area contributed by atoms with E-state index in [2.05, 4.69) is 26.0 Å². The van der Waals surface area contributed by atoms with Crippen LogP contribution in [0.4, 0.5) is 20.2 Å². The van der Waals surface area contributed by atoms with Crippen LogP contribution in [0.15, 0.2) is 15.5 Å². The molecule has 0 fully saturated rings. The highest BCUT2D eigenvalue weighted by molar-refractivity contribution is 9.10. The number of carbonyl (C=O) groups excluding carboxylic acids is 2. The number of fused-ring (bicyclic) bond motifs is 1. The lowest BCUT2D eigenvalue weighted by molar-refractivity contribution is 0.0428. The molecule has 3 rings (SSSR count). The van der Waals surface area contributed by atoms with E-state index in [4.69, 9.17) is 9.47 Å². The van der Waals surface area contributed by atoms with Gasteiger partial charge in [-0.2, -0.15) is 15.3 Å². The molecule has 0 aliphatic rings. The second kappa shape index (κ2) is 10.4. The Labute approximate surface area is 238 Å². The van der Waals surface area contributed by atoms with Gasteiger partial charge < -0.3 is 14.6 Å². The molecule has 1 N–H and O–H groups in total. The van der Waals surface area contributed by atoms with E-state index in [1.807, 2.05) is 6.07 Å². The fraction of sp³-hybridized carbons (Fsp3) is 0.423. The van der Waals surface area contributed by atoms with Crippen LogP contribution in [-0.2, 0) is 9.47 Å². The summed E-state index contributed by atoms with van der Waals surface area (Å²) in [6.45, 7) is 14.2. The first-order valence-electron chi connectivity index (χ1n) is 12.0. The van der Waals surface area contributed by atoms with Crippen LogP contribution >= 0.6 is 15.9 Å². The predicted octanol–water partition coefficient (Wildman–Crippen LogP) is 5.34. The number of anilines is 1. The van der Waals surface area contributed by atoms with E-state index in [0.29, 0.717) is 15.1 Å². The third-order valence-electron chi connectivity index (χ3n) is 5.39. The number of halogens is 1. The summed E-state index contributed by atoms with van der Waals surface area (Å²) in [5.41, 5.74) is -2.52. The molecule has 0 aliphatic heterocycles. The lowest BCUT2D eigenvalue weighted by Gasteiger charge is -2.29. The third-order valence-corrected chi connectivity index (χ3v) is 6.19. The van der Waals surface area contributed by atoms with Crippen molar-refractivity contribution in [1.29, 1.82) is 5.26 Å². The Kier molecular flexibility index (Phi) is 7.86. The molecule has 0 aliphatic carbocycles. The Hall–Kier alpha value is -4.25. The van der Waals surface area contributed by atoms with Gasteiger partial charge in [0.1, 0.15) is 33.1 Å². The molecule has 3 aromatic rings. The van der Waals surface area contributed by atoms with E-state index < -0.39 is 35.0 Å². The van der Waals surface area contributed by atoms with Gasteiger partial charge in [0.05, 0.1) is 11.4 Å². The monoisotopic (exact) mass is 616 g/mol. The highest BCUT2D eigenvalue weighted by Gasteiger charge is 2.39. The zero-order valence-electron chi connectivity index (χ0n) is 23.5. The first kappa shape index (κ1) is 30.3. The van der Waals surface area contributed by atoms with Crippen molar-refractivity contribution < 1.29 is 29.0 Å². The summed E-state index contributed by atoms with van der Waals surface area (Å²) in [5, 5.41) is 24.0. The Morgan fingerprint density at radius 1 is 1.05 bits per heavy atom. The maximum Gasteiger partial charge on any atom is 0.435 e. The summed E-state index contributed by atoms with van der Waals surface area (Å²) < 4.78 is 13.0.